The minimum Gasteiger partial charge on any atom is -0.480 e. The molecule has 1 aliphatic carbocycles. The van der Waals surface area contributed by atoms with Crippen molar-refractivity contribution in [2.24, 2.45) is 0 Å². The Bertz CT molecular complexity index is 1320. The number of aliphatic carboxylic acids is 1. The molecule has 0 radical (unpaired) electrons. The van der Waals surface area contributed by atoms with E-state index in [0.717, 1.165) is 55.8 Å². The van der Waals surface area contributed by atoms with Gasteiger partial charge in [-0.2, -0.15) is 0 Å². The molecule has 176 valence electrons. The fourth-order valence-electron chi connectivity index (χ4n) is 5.77. The molecule has 34 heavy (non-hydrogen) atoms. The van der Waals surface area contributed by atoms with Crippen LogP contribution in [0.3, 0.4) is 0 Å². The number of benzene rings is 2. The Hall–Kier alpha value is -2.57. The summed E-state index contributed by atoms with van der Waals surface area (Å²) in [6.45, 7) is 2.63. The van der Waals surface area contributed by atoms with Crippen molar-refractivity contribution >= 4 is 28.5 Å². The molecular formula is C28H30N2O3S. The molecule has 1 saturated heterocycles. The maximum Gasteiger partial charge on any atom is 0.327 e. The summed E-state index contributed by atoms with van der Waals surface area (Å²) in [5.74, 6) is -0.0293. The van der Waals surface area contributed by atoms with E-state index in [1.165, 1.54) is 33.9 Å². The summed E-state index contributed by atoms with van der Waals surface area (Å²) in [5.41, 5.74) is 4.40. The predicted molar refractivity (Wildman–Crippen MR) is 136 cm³/mol. The molecule has 1 aromatic heterocycles. The average molecular weight is 475 g/mol. The highest BCUT2D eigenvalue weighted by atomic mass is 32.2. The van der Waals surface area contributed by atoms with Crippen molar-refractivity contribution in [2.75, 3.05) is 18.8 Å². The third-order valence-electron chi connectivity index (χ3n) is 7.65. The molecule has 0 bridgehead atoms. The highest BCUT2D eigenvalue weighted by Crippen LogP contribution is 2.49. The van der Waals surface area contributed by atoms with E-state index in [2.05, 4.69) is 47.4 Å². The number of fused-ring (bicyclic) bond motifs is 2. The number of aromatic nitrogens is 1. The van der Waals surface area contributed by atoms with Crippen LogP contribution in [0.4, 0.5) is 0 Å². The Morgan fingerprint density at radius 2 is 1.76 bits per heavy atom. The van der Waals surface area contributed by atoms with Gasteiger partial charge in [0.05, 0.1) is 5.03 Å². The second-order valence-electron chi connectivity index (χ2n) is 9.94. The summed E-state index contributed by atoms with van der Waals surface area (Å²) in [6.07, 6.45) is 6.53. The van der Waals surface area contributed by atoms with E-state index in [1.54, 1.807) is 16.3 Å². The van der Waals surface area contributed by atoms with Gasteiger partial charge in [0.1, 0.15) is 6.04 Å². The van der Waals surface area contributed by atoms with Gasteiger partial charge in [0.2, 0.25) is 0 Å². The molecule has 2 aliphatic heterocycles. The number of hydrogen-bond acceptors (Lipinski definition) is 4. The van der Waals surface area contributed by atoms with Crippen LogP contribution in [-0.2, 0) is 17.8 Å². The van der Waals surface area contributed by atoms with Crippen LogP contribution in [0.15, 0.2) is 52.3 Å². The third-order valence-corrected chi connectivity index (χ3v) is 8.83. The highest BCUT2D eigenvalue weighted by molar-refractivity contribution is 7.99. The zero-order valence-electron chi connectivity index (χ0n) is 19.3. The summed E-state index contributed by atoms with van der Waals surface area (Å²) in [5, 5.41) is 13.2. The maximum absolute atomic E-state index is 14.0. The van der Waals surface area contributed by atoms with Gasteiger partial charge in [0, 0.05) is 17.9 Å². The molecule has 1 N–H and O–H groups in total. The molecular weight excluding hydrogens is 444 g/mol. The van der Waals surface area contributed by atoms with Gasteiger partial charge in [-0.25, -0.2) is 4.79 Å². The average Bonchev–Trinajstić information content (AvgIpc) is 3.59. The second kappa shape index (κ2) is 8.90. The smallest absolute Gasteiger partial charge is 0.327 e. The van der Waals surface area contributed by atoms with Crippen molar-refractivity contribution in [3.8, 4) is 0 Å². The topological polar surface area (TPSA) is 62.5 Å². The van der Waals surface area contributed by atoms with Gasteiger partial charge in [-0.15, -0.1) is 11.8 Å². The van der Waals surface area contributed by atoms with Gasteiger partial charge in [0.15, 0.2) is 0 Å². The van der Waals surface area contributed by atoms with Crippen LogP contribution in [0.25, 0.3) is 10.8 Å². The van der Waals surface area contributed by atoms with Gasteiger partial charge in [-0.3, -0.25) is 14.3 Å². The number of rotatable bonds is 6. The lowest BCUT2D eigenvalue weighted by molar-refractivity contribution is -0.140. The van der Waals surface area contributed by atoms with Crippen LogP contribution in [0.2, 0.25) is 0 Å². The quantitative estimate of drug-likeness (QED) is 0.533. The number of likely N-dealkylation sites (tertiary alicyclic amines) is 1. The summed E-state index contributed by atoms with van der Waals surface area (Å²) in [4.78, 5) is 28.4. The molecule has 2 aromatic carbocycles. The first-order valence-corrected chi connectivity index (χ1v) is 13.4. The van der Waals surface area contributed by atoms with E-state index in [4.69, 9.17) is 0 Å². The van der Waals surface area contributed by atoms with Gasteiger partial charge in [-0.1, -0.05) is 48.9 Å². The van der Waals surface area contributed by atoms with E-state index in [-0.39, 0.29) is 5.56 Å². The Kier molecular flexibility index (Phi) is 5.74. The molecule has 3 heterocycles. The molecule has 3 aromatic rings. The first kappa shape index (κ1) is 21.9. The lowest BCUT2D eigenvalue weighted by atomic mass is 9.91. The standard InChI is InChI=1S/C28H30N2O3S/c31-26-23(16-29-13-4-1-5-14-29)22(15-20-9-6-8-18-7-2-3-10-21(18)20)25(19-11-12-19)27-30(26)24(17-34-27)28(32)33/h2-3,6-10,19,24H,1,4-5,11-17H2,(H,32,33)/t24-/m0/s1. The van der Waals surface area contributed by atoms with Crippen LogP contribution in [0.5, 0.6) is 0 Å². The van der Waals surface area contributed by atoms with Crippen molar-refractivity contribution in [3.63, 3.8) is 0 Å². The molecule has 1 saturated carbocycles. The second-order valence-corrected chi connectivity index (χ2v) is 11.0. The highest BCUT2D eigenvalue weighted by Gasteiger charge is 2.39. The molecule has 0 spiro atoms. The molecule has 1 atom stereocenters. The van der Waals surface area contributed by atoms with Gasteiger partial charge < -0.3 is 5.11 Å². The molecule has 3 aliphatic rings. The fourth-order valence-corrected chi connectivity index (χ4v) is 7.17. The summed E-state index contributed by atoms with van der Waals surface area (Å²) in [7, 11) is 0. The van der Waals surface area contributed by atoms with Crippen LogP contribution < -0.4 is 5.56 Å². The van der Waals surface area contributed by atoms with Crippen molar-refractivity contribution in [2.45, 2.75) is 62.1 Å². The van der Waals surface area contributed by atoms with Crippen LogP contribution in [0.1, 0.15) is 66.3 Å². The number of piperidine rings is 1. The summed E-state index contributed by atoms with van der Waals surface area (Å²) in [6, 6.07) is 14.1. The Labute approximate surface area is 203 Å². The van der Waals surface area contributed by atoms with Crippen molar-refractivity contribution in [1.82, 2.24) is 9.47 Å². The Morgan fingerprint density at radius 3 is 2.53 bits per heavy atom. The minimum absolute atomic E-state index is 0.0855. The first-order chi connectivity index (χ1) is 16.6. The maximum atomic E-state index is 14.0. The van der Waals surface area contributed by atoms with Crippen LogP contribution >= 0.6 is 11.8 Å². The zero-order chi connectivity index (χ0) is 23.2. The van der Waals surface area contributed by atoms with E-state index < -0.39 is 12.0 Å². The molecule has 0 amide bonds. The van der Waals surface area contributed by atoms with Crippen molar-refractivity contribution < 1.29 is 9.90 Å². The number of carboxylic acid groups (broad SMARTS) is 1. The van der Waals surface area contributed by atoms with Gasteiger partial charge >= 0.3 is 5.97 Å². The third kappa shape index (κ3) is 3.87. The van der Waals surface area contributed by atoms with Gasteiger partial charge in [-0.05, 0) is 78.6 Å². The van der Waals surface area contributed by atoms with E-state index in [9.17, 15) is 14.7 Å². The van der Waals surface area contributed by atoms with Crippen molar-refractivity contribution in [1.29, 1.82) is 0 Å². The minimum atomic E-state index is -0.902. The van der Waals surface area contributed by atoms with Crippen LogP contribution in [0, 0.1) is 0 Å². The number of carboxylic acids is 1. The number of pyridine rings is 1. The normalized spacial score (nSPS) is 20.5. The molecule has 6 rings (SSSR count). The van der Waals surface area contributed by atoms with E-state index >= 15 is 0 Å². The summed E-state index contributed by atoms with van der Waals surface area (Å²) < 4.78 is 1.63. The summed E-state index contributed by atoms with van der Waals surface area (Å²) >= 11 is 1.57. The molecule has 6 heteroatoms. The molecule has 5 nitrogen and oxygen atoms in total. The lowest BCUT2D eigenvalue weighted by Gasteiger charge is -2.29. The lowest BCUT2D eigenvalue weighted by Crippen LogP contribution is -2.37. The first-order valence-electron chi connectivity index (χ1n) is 12.5. The SMILES string of the molecule is O=C(O)[C@@H]1CSc2c(C3CC3)c(Cc3cccc4ccccc34)c(CN3CCCCC3)c(=O)n21. The van der Waals surface area contributed by atoms with Crippen LogP contribution in [-0.4, -0.2) is 39.4 Å². The monoisotopic (exact) mass is 474 g/mol. The van der Waals surface area contributed by atoms with Crippen molar-refractivity contribution in [3.05, 3.63) is 75.1 Å². The largest absolute Gasteiger partial charge is 0.480 e. The number of thioether (sulfide) groups is 1. The van der Waals surface area contributed by atoms with E-state index in [0.29, 0.717) is 18.2 Å². The zero-order valence-corrected chi connectivity index (χ0v) is 20.2. The number of hydrogen-bond donors (Lipinski definition) is 1. The van der Waals surface area contributed by atoms with Gasteiger partial charge in [0.25, 0.3) is 5.56 Å². The molecule has 2 fully saturated rings. The predicted octanol–water partition coefficient (Wildman–Crippen LogP) is 5.19. The number of nitrogens with zero attached hydrogens (tertiary/aromatic N) is 2. The Balaban J connectivity index is 1.55. The molecule has 0 unspecified atom stereocenters. The fraction of sp³-hybridized carbons (Fsp3) is 0.429. The van der Waals surface area contributed by atoms with E-state index in [1.807, 2.05) is 0 Å². The Morgan fingerprint density at radius 1 is 1.00 bits per heavy atom. The number of carbonyl (C=O) groups is 1.